The molecule has 1 aromatic carbocycles. The number of fused-ring (bicyclic) bond motifs is 1. The average Bonchev–Trinajstić information content (AvgIpc) is 2.83. The second kappa shape index (κ2) is 5.28. The van der Waals surface area contributed by atoms with Crippen LogP contribution in [-0.2, 0) is 0 Å². The number of hydrogen-bond acceptors (Lipinski definition) is 1. The van der Waals surface area contributed by atoms with Crippen molar-refractivity contribution in [1.82, 2.24) is 5.32 Å². The van der Waals surface area contributed by atoms with Gasteiger partial charge in [-0.2, -0.15) is 0 Å². The van der Waals surface area contributed by atoms with Gasteiger partial charge in [0, 0.05) is 6.04 Å². The molecule has 0 amide bonds. The maximum atomic E-state index is 3.83. The molecule has 0 heterocycles. The largest absolute Gasteiger partial charge is 0.310 e. The monoisotopic (exact) mass is 257 g/mol. The van der Waals surface area contributed by atoms with Gasteiger partial charge in [0.25, 0.3) is 0 Å². The van der Waals surface area contributed by atoms with Crippen molar-refractivity contribution in [1.29, 1.82) is 0 Å². The van der Waals surface area contributed by atoms with Crippen molar-refractivity contribution in [2.24, 2.45) is 17.8 Å². The SMILES string of the molecule is CCCNC(c1cc(C)cc(C)c1)C1C2CCCC21. The zero-order valence-electron chi connectivity index (χ0n) is 12.6. The highest BCUT2D eigenvalue weighted by atomic mass is 14.9. The fourth-order valence-electron chi connectivity index (χ4n) is 4.34. The van der Waals surface area contributed by atoms with Crippen LogP contribution in [0.25, 0.3) is 0 Å². The molecule has 1 heteroatoms. The van der Waals surface area contributed by atoms with Gasteiger partial charge in [0.1, 0.15) is 0 Å². The van der Waals surface area contributed by atoms with Gasteiger partial charge in [-0.15, -0.1) is 0 Å². The Morgan fingerprint density at radius 3 is 2.32 bits per heavy atom. The summed E-state index contributed by atoms with van der Waals surface area (Å²) in [6.45, 7) is 7.86. The summed E-state index contributed by atoms with van der Waals surface area (Å²) in [5, 5.41) is 3.83. The number of rotatable bonds is 5. The molecule has 0 radical (unpaired) electrons. The molecule has 2 fully saturated rings. The van der Waals surface area contributed by atoms with Gasteiger partial charge in [-0.05, 0) is 63.0 Å². The minimum Gasteiger partial charge on any atom is -0.310 e. The molecule has 104 valence electrons. The summed E-state index contributed by atoms with van der Waals surface area (Å²) in [6.07, 6.45) is 5.65. The van der Waals surface area contributed by atoms with Gasteiger partial charge in [-0.25, -0.2) is 0 Å². The quantitative estimate of drug-likeness (QED) is 0.825. The van der Waals surface area contributed by atoms with Crippen molar-refractivity contribution in [3.05, 3.63) is 34.9 Å². The predicted molar refractivity (Wildman–Crippen MR) is 81.3 cm³/mol. The Morgan fingerprint density at radius 2 is 1.74 bits per heavy atom. The molecular weight excluding hydrogens is 230 g/mol. The Balaban J connectivity index is 1.82. The van der Waals surface area contributed by atoms with E-state index >= 15 is 0 Å². The third kappa shape index (κ3) is 2.58. The van der Waals surface area contributed by atoms with Crippen molar-refractivity contribution in [3.8, 4) is 0 Å². The summed E-state index contributed by atoms with van der Waals surface area (Å²) in [5.74, 6) is 2.96. The molecule has 3 rings (SSSR count). The Hall–Kier alpha value is -0.820. The van der Waals surface area contributed by atoms with Crippen LogP contribution in [0, 0.1) is 31.6 Å². The van der Waals surface area contributed by atoms with E-state index in [-0.39, 0.29) is 0 Å². The van der Waals surface area contributed by atoms with E-state index in [1.54, 1.807) is 0 Å². The zero-order valence-corrected chi connectivity index (χ0v) is 12.6. The lowest BCUT2D eigenvalue weighted by molar-refractivity contribution is 0.417. The smallest absolute Gasteiger partial charge is 0.0354 e. The van der Waals surface area contributed by atoms with Crippen molar-refractivity contribution in [2.75, 3.05) is 6.54 Å². The Labute approximate surface area is 117 Å². The minimum absolute atomic E-state index is 0.605. The van der Waals surface area contributed by atoms with Crippen LogP contribution in [0.3, 0.4) is 0 Å². The van der Waals surface area contributed by atoms with Crippen molar-refractivity contribution in [2.45, 2.75) is 52.5 Å². The van der Waals surface area contributed by atoms with E-state index in [4.69, 9.17) is 0 Å². The first-order chi connectivity index (χ1) is 9.20. The number of benzene rings is 1. The molecule has 0 aliphatic heterocycles. The molecule has 0 saturated heterocycles. The first-order valence-electron chi connectivity index (χ1n) is 8.02. The van der Waals surface area contributed by atoms with Gasteiger partial charge in [-0.1, -0.05) is 42.7 Å². The minimum atomic E-state index is 0.605. The third-order valence-corrected chi connectivity index (χ3v) is 5.08. The highest BCUT2D eigenvalue weighted by molar-refractivity contribution is 5.32. The number of aryl methyl sites for hydroxylation is 2. The molecule has 0 aromatic heterocycles. The first kappa shape index (κ1) is 13.2. The van der Waals surface area contributed by atoms with Gasteiger partial charge in [-0.3, -0.25) is 0 Å². The van der Waals surface area contributed by atoms with Crippen LogP contribution in [0.5, 0.6) is 0 Å². The Bertz CT molecular complexity index is 421. The third-order valence-electron chi connectivity index (χ3n) is 5.08. The molecule has 3 atom stereocenters. The first-order valence-corrected chi connectivity index (χ1v) is 8.02. The molecule has 3 unspecified atom stereocenters. The van der Waals surface area contributed by atoms with Crippen LogP contribution in [0.2, 0.25) is 0 Å². The molecular formula is C18H27N. The average molecular weight is 257 g/mol. The van der Waals surface area contributed by atoms with Gasteiger partial charge < -0.3 is 5.32 Å². The van der Waals surface area contributed by atoms with E-state index in [0.29, 0.717) is 6.04 Å². The predicted octanol–water partition coefficient (Wildman–Crippen LogP) is 4.39. The second-order valence-electron chi connectivity index (χ2n) is 6.69. The summed E-state index contributed by atoms with van der Waals surface area (Å²) < 4.78 is 0. The molecule has 1 aromatic rings. The van der Waals surface area contributed by atoms with E-state index in [9.17, 15) is 0 Å². The summed E-state index contributed by atoms with van der Waals surface area (Å²) in [5.41, 5.74) is 4.35. The van der Waals surface area contributed by atoms with E-state index in [1.807, 2.05) is 0 Å². The summed E-state index contributed by atoms with van der Waals surface area (Å²) >= 11 is 0. The van der Waals surface area contributed by atoms with E-state index in [2.05, 4.69) is 44.3 Å². The van der Waals surface area contributed by atoms with Crippen LogP contribution in [0.15, 0.2) is 18.2 Å². The fraction of sp³-hybridized carbons (Fsp3) is 0.667. The normalized spacial score (nSPS) is 30.2. The van der Waals surface area contributed by atoms with Crippen LogP contribution < -0.4 is 5.32 Å². The lowest BCUT2D eigenvalue weighted by atomic mass is 9.94. The van der Waals surface area contributed by atoms with E-state index < -0.39 is 0 Å². The highest BCUT2D eigenvalue weighted by Gasteiger charge is 2.55. The van der Waals surface area contributed by atoms with E-state index in [1.165, 1.54) is 42.4 Å². The molecule has 2 saturated carbocycles. The van der Waals surface area contributed by atoms with Gasteiger partial charge in [0.05, 0.1) is 0 Å². The maximum absolute atomic E-state index is 3.83. The highest BCUT2D eigenvalue weighted by Crippen LogP contribution is 2.62. The van der Waals surface area contributed by atoms with Crippen LogP contribution in [0.4, 0.5) is 0 Å². The molecule has 2 aliphatic carbocycles. The number of nitrogens with one attached hydrogen (secondary N) is 1. The topological polar surface area (TPSA) is 12.0 Å². The second-order valence-corrected chi connectivity index (χ2v) is 6.69. The summed E-state index contributed by atoms with van der Waals surface area (Å²) in [7, 11) is 0. The Morgan fingerprint density at radius 1 is 1.11 bits per heavy atom. The van der Waals surface area contributed by atoms with Crippen molar-refractivity contribution < 1.29 is 0 Å². The lowest BCUT2D eigenvalue weighted by Gasteiger charge is -2.22. The zero-order chi connectivity index (χ0) is 13.4. The van der Waals surface area contributed by atoms with Crippen LogP contribution >= 0.6 is 0 Å². The van der Waals surface area contributed by atoms with Gasteiger partial charge in [0.15, 0.2) is 0 Å². The van der Waals surface area contributed by atoms with Gasteiger partial charge >= 0.3 is 0 Å². The molecule has 0 spiro atoms. The molecule has 19 heavy (non-hydrogen) atoms. The Kier molecular flexibility index (Phi) is 3.66. The van der Waals surface area contributed by atoms with Crippen molar-refractivity contribution >= 4 is 0 Å². The standard InChI is InChI=1S/C18H27N/c1-4-8-19-18(17-15-6-5-7-16(15)17)14-10-12(2)9-13(3)11-14/h9-11,15-19H,4-8H2,1-3H3. The molecule has 2 aliphatic rings. The summed E-state index contributed by atoms with van der Waals surface area (Å²) in [4.78, 5) is 0. The van der Waals surface area contributed by atoms with Crippen LogP contribution in [0.1, 0.15) is 55.3 Å². The lowest BCUT2D eigenvalue weighted by Crippen LogP contribution is -2.25. The fourth-order valence-corrected chi connectivity index (χ4v) is 4.34. The number of hydrogen-bond donors (Lipinski definition) is 1. The molecule has 1 N–H and O–H groups in total. The summed E-state index contributed by atoms with van der Waals surface area (Å²) in [6, 6.07) is 7.69. The van der Waals surface area contributed by atoms with Crippen LogP contribution in [-0.4, -0.2) is 6.54 Å². The van der Waals surface area contributed by atoms with E-state index in [0.717, 1.165) is 24.3 Å². The molecule has 1 nitrogen and oxygen atoms in total. The van der Waals surface area contributed by atoms with Gasteiger partial charge in [0.2, 0.25) is 0 Å². The maximum Gasteiger partial charge on any atom is 0.0354 e. The molecule has 0 bridgehead atoms. The van der Waals surface area contributed by atoms with Crippen molar-refractivity contribution in [3.63, 3.8) is 0 Å².